The lowest BCUT2D eigenvalue weighted by Crippen LogP contribution is -2.36. The Balaban J connectivity index is 1.37. The molecule has 0 bridgehead atoms. The second-order valence-corrected chi connectivity index (χ2v) is 10.3. The summed E-state index contributed by atoms with van der Waals surface area (Å²) in [5, 5.41) is 2.96. The Kier molecular flexibility index (Phi) is 5.66. The first-order valence-corrected chi connectivity index (χ1v) is 12.1. The van der Waals surface area contributed by atoms with Crippen molar-refractivity contribution in [1.82, 2.24) is 10.0 Å². The van der Waals surface area contributed by atoms with Crippen LogP contribution in [0.3, 0.4) is 0 Å². The van der Waals surface area contributed by atoms with E-state index in [0.717, 1.165) is 49.8 Å². The van der Waals surface area contributed by atoms with Crippen LogP contribution in [0.4, 0.5) is 5.69 Å². The molecule has 1 aromatic rings. The summed E-state index contributed by atoms with van der Waals surface area (Å²) in [7, 11) is -3.70. The molecule has 29 heavy (non-hydrogen) atoms. The van der Waals surface area contributed by atoms with E-state index >= 15 is 0 Å². The third-order valence-corrected chi connectivity index (χ3v) is 7.56. The van der Waals surface area contributed by atoms with Crippen molar-refractivity contribution in [2.45, 2.75) is 75.3 Å². The Morgan fingerprint density at radius 2 is 1.86 bits per heavy atom. The van der Waals surface area contributed by atoms with E-state index in [9.17, 15) is 18.0 Å². The van der Waals surface area contributed by atoms with Gasteiger partial charge in [-0.1, -0.05) is 12.8 Å². The van der Waals surface area contributed by atoms with Crippen LogP contribution in [0, 0.1) is 5.92 Å². The zero-order valence-corrected chi connectivity index (χ0v) is 17.6. The van der Waals surface area contributed by atoms with Gasteiger partial charge in [0.15, 0.2) is 0 Å². The number of anilines is 1. The van der Waals surface area contributed by atoms with Crippen LogP contribution in [0.25, 0.3) is 0 Å². The molecule has 2 saturated carbocycles. The van der Waals surface area contributed by atoms with E-state index in [0.29, 0.717) is 6.42 Å². The SMILES string of the molecule is C[C@@H]1Cc2cc(S(=O)(=O)NCCC(=O)NC3CCCC3)ccc2N1C(=O)C1CC1. The molecule has 0 radical (unpaired) electrons. The van der Waals surface area contributed by atoms with Crippen molar-refractivity contribution in [1.29, 1.82) is 0 Å². The smallest absolute Gasteiger partial charge is 0.240 e. The first-order chi connectivity index (χ1) is 13.8. The minimum Gasteiger partial charge on any atom is -0.353 e. The third-order valence-electron chi connectivity index (χ3n) is 6.11. The number of hydrogen-bond donors (Lipinski definition) is 2. The van der Waals surface area contributed by atoms with Gasteiger partial charge in [-0.2, -0.15) is 0 Å². The Morgan fingerprint density at radius 1 is 1.14 bits per heavy atom. The molecule has 1 aromatic carbocycles. The van der Waals surface area contributed by atoms with Gasteiger partial charge in [0.1, 0.15) is 0 Å². The van der Waals surface area contributed by atoms with E-state index in [1.165, 1.54) is 0 Å². The zero-order chi connectivity index (χ0) is 20.6. The Labute approximate surface area is 172 Å². The van der Waals surface area contributed by atoms with Crippen molar-refractivity contribution in [3.63, 3.8) is 0 Å². The molecule has 1 atom stereocenters. The maximum atomic E-state index is 12.6. The molecule has 2 fully saturated rings. The highest BCUT2D eigenvalue weighted by atomic mass is 32.2. The number of benzene rings is 1. The number of nitrogens with one attached hydrogen (secondary N) is 2. The molecule has 1 heterocycles. The quantitative estimate of drug-likeness (QED) is 0.707. The third kappa shape index (κ3) is 4.48. The summed E-state index contributed by atoms with van der Waals surface area (Å²) >= 11 is 0. The maximum Gasteiger partial charge on any atom is 0.240 e. The lowest BCUT2D eigenvalue weighted by Gasteiger charge is -2.22. The van der Waals surface area contributed by atoms with Gasteiger partial charge in [-0.15, -0.1) is 0 Å². The summed E-state index contributed by atoms with van der Waals surface area (Å²) in [4.78, 5) is 26.5. The standard InChI is InChI=1S/C21H29N3O4S/c1-14-12-16-13-18(8-9-19(16)24(14)21(26)15-6-7-15)29(27,28)22-11-10-20(25)23-17-4-2-3-5-17/h8-9,13-15,17,22H,2-7,10-12H2,1H3,(H,23,25)/t14-/m1/s1. The minimum absolute atomic E-state index is 0.0447. The molecule has 8 heteroatoms. The second kappa shape index (κ2) is 8.07. The summed E-state index contributed by atoms with van der Waals surface area (Å²) in [5.74, 6) is 0.165. The average molecular weight is 420 g/mol. The molecular formula is C21H29N3O4S. The van der Waals surface area contributed by atoms with Crippen LogP contribution < -0.4 is 14.9 Å². The number of carbonyl (C=O) groups is 2. The summed E-state index contributed by atoms with van der Waals surface area (Å²) in [6, 6.07) is 5.22. The average Bonchev–Trinajstić information content (AvgIpc) is 3.30. The van der Waals surface area contributed by atoms with Crippen molar-refractivity contribution in [3.05, 3.63) is 23.8 Å². The minimum atomic E-state index is -3.70. The number of nitrogens with zero attached hydrogens (tertiary/aromatic N) is 1. The van der Waals surface area contributed by atoms with Gasteiger partial charge in [0, 0.05) is 36.7 Å². The molecule has 2 amide bonds. The number of rotatable bonds is 7. The van der Waals surface area contributed by atoms with Crippen molar-refractivity contribution >= 4 is 27.5 Å². The normalized spacial score (nSPS) is 22.0. The van der Waals surface area contributed by atoms with Crippen molar-refractivity contribution < 1.29 is 18.0 Å². The van der Waals surface area contributed by atoms with Gasteiger partial charge in [0.25, 0.3) is 0 Å². The maximum absolute atomic E-state index is 12.6. The fraction of sp³-hybridized carbons (Fsp3) is 0.619. The zero-order valence-electron chi connectivity index (χ0n) is 16.8. The van der Waals surface area contributed by atoms with E-state index in [1.54, 1.807) is 18.2 Å². The molecule has 0 spiro atoms. The van der Waals surface area contributed by atoms with E-state index in [4.69, 9.17) is 0 Å². The molecule has 4 rings (SSSR count). The van der Waals surface area contributed by atoms with E-state index < -0.39 is 10.0 Å². The molecule has 2 N–H and O–H groups in total. The highest BCUT2D eigenvalue weighted by Gasteiger charge is 2.39. The molecular weight excluding hydrogens is 390 g/mol. The van der Waals surface area contributed by atoms with Gasteiger partial charge < -0.3 is 10.2 Å². The largest absolute Gasteiger partial charge is 0.353 e. The molecule has 0 unspecified atom stereocenters. The van der Waals surface area contributed by atoms with Crippen molar-refractivity contribution in [2.24, 2.45) is 5.92 Å². The Bertz CT molecular complexity index is 905. The predicted octanol–water partition coefficient (Wildman–Crippen LogP) is 2.10. The summed E-state index contributed by atoms with van der Waals surface area (Å²) < 4.78 is 27.8. The first-order valence-electron chi connectivity index (χ1n) is 10.6. The predicted molar refractivity (Wildman–Crippen MR) is 110 cm³/mol. The summed E-state index contributed by atoms with van der Waals surface area (Å²) in [6.07, 6.45) is 6.96. The highest BCUT2D eigenvalue weighted by molar-refractivity contribution is 7.89. The number of carbonyl (C=O) groups excluding carboxylic acids is 2. The molecule has 0 saturated heterocycles. The van der Waals surface area contributed by atoms with Crippen LogP contribution in [-0.2, 0) is 26.0 Å². The van der Waals surface area contributed by atoms with E-state index in [1.807, 2.05) is 11.8 Å². The lowest BCUT2D eigenvalue weighted by atomic mass is 10.1. The summed E-state index contributed by atoms with van der Waals surface area (Å²) in [5.41, 5.74) is 1.71. The Morgan fingerprint density at radius 3 is 2.55 bits per heavy atom. The fourth-order valence-corrected chi connectivity index (χ4v) is 5.47. The number of sulfonamides is 1. The topological polar surface area (TPSA) is 95.6 Å². The van der Waals surface area contributed by atoms with Crippen molar-refractivity contribution in [3.8, 4) is 0 Å². The Hall–Kier alpha value is -1.93. The van der Waals surface area contributed by atoms with Gasteiger partial charge in [-0.3, -0.25) is 9.59 Å². The number of hydrogen-bond acceptors (Lipinski definition) is 4. The lowest BCUT2D eigenvalue weighted by molar-refractivity contribution is -0.121. The summed E-state index contributed by atoms with van der Waals surface area (Å²) in [6.45, 7) is 2.07. The van der Waals surface area contributed by atoms with Gasteiger partial charge in [0.2, 0.25) is 21.8 Å². The van der Waals surface area contributed by atoms with Gasteiger partial charge >= 0.3 is 0 Å². The van der Waals surface area contributed by atoms with Crippen LogP contribution >= 0.6 is 0 Å². The highest BCUT2D eigenvalue weighted by Crippen LogP contribution is 2.39. The van der Waals surface area contributed by atoms with Gasteiger partial charge in [-0.05, 0) is 62.8 Å². The molecule has 1 aliphatic heterocycles. The van der Waals surface area contributed by atoms with Crippen LogP contribution in [0.5, 0.6) is 0 Å². The van der Waals surface area contributed by atoms with E-state index in [2.05, 4.69) is 10.0 Å². The first kappa shape index (κ1) is 20.3. The molecule has 7 nitrogen and oxygen atoms in total. The van der Waals surface area contributed by atoms with Crippen LogP contribution in [0.15, 0.2) is 23.1 Å². The van der Waals surface area contributed by atoms with Crippen LogP contribution in [0.2, 0.25) is 0 Å². The molecule has 3 aliphatic rings. The van der Waals surface area contributed by atoms with Gasteiger partial charge in [0.05, 0.1) is 4.90 Å². The number of fused-ring (bicyclic) bond motifs is 1. The second-order valence-electron chi connectivity index (χ2n) is 8.52. The van der Waals surface area contributed by atoms with Crippen LogP contribution in [-0.4, -0.2) is 38.9 Å². The fourth-order valence-electron chi connectivity index (χ4n) is 4.39. The molecule has 158 valence electrons. The molecule has 2 aliphatic carbocycles. The van der Waals surface area contributed by atoms with Crippen molar-refractivity contribution in [2.75, 3.05) is 11.4 Å². The monoisotopic (exact) mass is 419 g/mol. The molecule has 0 aromatic heterocycles. The van der Waals surface area contributed by atoms with Gasteiger partial charge in [-0.25, -0.2) is 13.1 Å². The van der Waals surface area contributed by atoms with E-state index in [-0.39, 0.29) is 47.7 Å². The number of amides is 2. The van der Waals surface area contributed by atoms with Crippen LogP contribution in [0.1, 0.15) is 57.4 Å².